The van der Waals surface area contributed by atoms with Crippen molar-refractivity contribution >= 4 is 23.2 Å². The van der Waals surface area contributed by atoms with Gasteiger partial charge in [0, 0.05) is 43.3 Å². The molecule has 1 saturated heterocycles. The second kappa shape index (κ2) is 6.89. The Morgan fingerprint density at radius 2 is 2.09 bits per heavy atom. The fourth-order valence-corrected chi connectivity index (χ4v) is 2.60. The standard InChI is InChI=1S/C15H17ClFN5/c16-12-2-1-3-13(17)11(12)8-20-14-9-19-10-15(21-14)22-6-4-18-5-7-22/h1-3,9-10,18H,4-8H2,(H,20,21). The Bertz CT molecular complexity index is 625. The van der Waals surface area contributed by atoms with Crippen LogP contribution < -0.4 is 15.5 Å². The molecule has 1 aliphatic rings. The molecule has 3 rings (SSSR count). The lowest BCUT2D eigenvalue weighted by molar-refractivity contribution is 0.584. The van der Waals surface area contributed by atoms with E-state index in [2.05, 4.69) is 25.5 Å². The molecule has 1 aromatic carbocycles. The van der Waals surface area contributed by atoms with Gasteiger partial charge in [0.2, 0.25) is 0 Å². The van der Waals surface area contributed by atoms with Gasteiger partial charge in [-0.1, -0.05) is 17.7 Å². The fourth-order valence-electron chi connectivity index (χ4n) is 2.37. The van der Waals surface area contributed by atoms with Crippen molar-refractivity contribution in [1.82, 2.24) is 15.3 Å². The summed E-state index contributed by atoms with van der Waals surface area (Å²) < 4.78 is 13.7. The van der Waals surface area contributed by atoms with Gasteiger partial charge < -0.3 is 15.5 Å². The Balaban J connectivity index is 1.70. The van der Waals surface area contributed by atoms with Gasteiger partial charge in [0.25, 0.3) is 0 Å². The molecule has 0 spiro atoms. The molecular weight excluding hydrogens is 305 g/mol. The molecule has 0 unspecified atom stereocenters. The van der Waals surface area contributed by atoms with Gasteiger partial charge in [-0.3, -0.25) is 4.98 Å². The van der Waals surface area contributed by atoms with Crippen molar-refractivity contribution in [2.75, 3.05) is 36.4 Å². The molecule has 0 saturated carbocycles. The first-order chi connectivity index (χ1) is 10.7. The molecule has 0 atom stereocenters. The van der Waals surface area contributed by atoms with Crippen LogP contribution in [0.5, 0.6) is 0 Å². The van der Waals surface area contributed by atoms with E-state index in [1.54, 1.807) is 24.5 Å². The van der Waals surface area contributed by atoms with E-state index in [9.17, 15) is 4.39 Å². The SMILES string of the molecule is Fc1cccc(Cl)c1CNc1cncc(N2CCNCC2)n1. The van der Waals surface area contributed by atoms with Gasteiger partial charge in [0.05, 0.1) is 12.4 Å². The number of nitrogens with zero attached hydrogens (tertiary/aromatic N) is 3. The van der Waals surface area contributed by atoms with Crippen molar-refractivity contribution in [3.05, 3.63) is 47.0 Å². The van der Waals surface area contributed by atoms with Crippen LogP contribution in [-0.2, 0) is 6.54 Å². The predicted molar refractivity (Wildman–Crippen MR) is 85.9 cm³/mol. The molecule has 2 aromatic rings. The Morgan fingerprint density at radius 1 is 1.27 bits per heavy atom. The summed E-state index contributed by atoms with van der Waals surface area (Å²) >= 11 is 6.02. The highest BCUT2D eigenvalue weighted by Gasteiger charge is 2.13. The van der Waals surface area contributed by atoms with Crippen LogP contribution in [0, 0.1) is 5.82 Å². The number of nitrogens with one attached hydrogen (secondary N) is 2. The third kappa shape index (κ3) is 3.45. The zero-order valence-corrected chi connectivity index (χ0v) is 12.8. The van der Waals surface area contributed by atoms with Crippen LogP contribution in [0.3, 0.4) is 0 Å². The topological polar surface area (TPSA) is 53.1 Å². The van der Waals surface area contributed by atoms with Crippen LogP contribution in [0.25, 0.3) is 0 Å². The predicted octanol–water partition coefficient (Wildman–Crippen LogP) is 2.29. The molecule has 1 aromatic heterocycles. The number of aromatic nitrogens is 2. The molecular formula is C15H17ClFN5. The number of rotatable bonds is 4. The minimum atomic E-state index is -0.328. The lowest BCUT2D eigenvalue weighted by atomic mass is 10.2. The molecule has 2 N–H and O–H groups in total. The van der Waals surface area contributed by atoms with E-state index in [0.717, 1.165) is 32.0 Å². The van der Waals surface area contributed by atoms with Gasteiger partial charge in [-0.15, -0.1) is 0 Å². The molecule has 7 heteroatoms. The maximum absolute atomic E-state index is 13.7. The molecule has 116 valence electrons. The van der Waals surface area contributed by atoms with Gasteiger partial charge in [-0.2, -0.15) is 0 Å². The summed E-state index contributed by atoms with van der Waals surface area (Å²) in [6.45, 7) is 3.94. The lowest BCUT2D eigenvalue weighted by Crippen LogP contribution is -2.44. The second-order valence-electron chi connectivity index (χ2n) is 5.05. The van der Waals surface area contributed by atoms with Crippen LogP contribution in [0.4, 0.5) is 16.0 Å². The lowest BCUT2D eigenvalue weighted by Gasteiger charge is -2.28. The van der Waals surface area contributed by atoms with Crippen molar-refractivity contribution in [2.24, 2.45) is 0 Å². The molecule has 5 nitrogen and oxygen atoms in total. The summed E-state index contributed by atoms with van der Waals surface area (Å²) in [5.74, 6) is 1.10. The highest BCUT2D eigenvalue weighted by molar-refractivity contribution is 6.31. The highest BCUT2D eigenvalue weighted by atomic mass is 35.5. The largest absolute Gasteiger partial charge is 0.364 e. The third-order valence-electron chi connectivity index (χ3n) is 3.57. The van der Waals surface area contributed by atoms with Crippen LogP contribution in [0.2, 0.25) is 5.02 Å². The normalized spacial score (nSPS) is 14.9. The summed E-state index contributed by atoms with van der Waals surface area (Å²) in [5, 5.41) is 6.78. The Hall–Kier alpha value is -1.92. The van der Waals surface area contributed by atoms with E-state index in [1.165, 1.54) is 6.07 Å². The van der Waals surface area contributed by atoms with E-state index in [-0.39, 0.29) is 12.4 Å². The average molecular weight is 322 g/mol. The summed E-state index contributed by atoms with van der Waals surface area (Å²) in [4.78, 5) is 10.9. The smallest absolute Gasteiger partial charge is 0.149 e. The summed E-state index contributed by atoms with van der Waals surface area (Å²) in [6.07, 6.45) is 3.37. The quantitative estimate of drug-likeness (QED) is 0.905. The van der Waals surface area contributed by atoms with Crippen molar-refractivity contribution in [3.63, 3.8) is 0 Å². The maximum Gasteiger partial charge on any atom is 0.149 e. The molecule has 22 heavy (non-hydrogen) atoms. The van der Waals surface area contributed by atoms with Crippen molar-refractivity contribution < 1.29 is 4.39 Å². The first-order valence-electron chi connectivity index (χ1n) is 7.18. The molecule has 1 fully saturated rings. The van der Waals surface area contributed by atoms with Gasteiger partial charge in [0.15, 0.2) is 0 Å². The highest BCUT2D eigenvalue weighted by Crippen LogP contribution is 2.20. The minimum absolute atomic E-state index is 0.269. The van der Waals surface area contributed by atoms with E-state index >= 15 is 0 Å². The zero-order chi connectivity index (χ0) is 15.4. The van der Waals surface area contributed by atoms with Crippen molar-refractivity contribution in [2.45, 2.75) is 6.54 Å². The third-order valence-corrected chi connectivity index (χ3v) is 3.92. The Morgan fingerprint density at radius 3 is 2.86 bits per heavy atom. The first kappa shape index (κ1) is 15.0. The minimum Gasteiger partial charge on any atom is -0.364 e. The number of piperazine rings is 1. The van der Waals surface area contributed by atoms with Crippen molar-refractivity contribution in [1.29, 1.82) is 0 Å². The monoisotopic (exact) mass is 321 g/mol. The average Bonchev–Trinajstić information content (AvgIpc) is 2.55. The number of anilines is 2. The number of halogens is 2. The first-order valence-corrected chi connectivity index (χ1v) is 7.56. The van der Waals surface area contributed by atoms with Gasteiger partial charge in [0.1, 0.15) is 17.5 Å². The second-order valence-corrected chi connectivity index (χ2v) is 5.46. The molecule has 1 aliphatic heterocycles. The maximum atomic E-state index is 13.7. The number of hydrogen-bond donors (Lipinski definition) is 2. The molecule has 0 amide bonds. The van der Waals surface area contributed by atoms with Crippen LogP contribution >= 0.6 is 11.6 Å². The van der Waals surface area contributed by atoms with Gasteiger partial charge in [-0.25, -0.2) is 9.37 Å². The molecule has 0 radical (unpaired) electrons. The van der Waals surface area contributed by atoms with Crippen LogP contribution in [0.1, 0.15) is 5.56 Å². The molecule has 0 bridgehead atoms. The van der Waals surface area contributed by atoms with Crippen LogP contribution in [0.15, 0.2) is 30.6 Å². The Labute approximate surface area is 133 Å². The van der Waals surface area contributed by atoms with E-state index in [1.807, 2.05) is 0 Å². The zero-order valence-electron chi connectivity index (χ0n) is 12.0. The Kier molecular flexibility index (Phi) is 4.70. The van der Waals surface area contributed by atoms with E-state index < -0.39 is 0 Å². The fraction of sp³-hybridized carbons (Fsp3) is 0.333. The van der Waals surface area contributed by atoms with Crippen LogP contribution in [-0.4, -0.2) is 36.1 Å². The van der Waals surface area contributed by atoms with Gasteiger partial charge in [-0.05, 0) is 12.1 Å². The van der Waals surface area contributed by atoms with Gasteiger partial charge >= 0.3 is 0 Å². The number of benzene rings is 1. The van der Waals surface area contributed by atoms with Crippen molar-refractivity contribution in [3.8, 4) is 0 Å². The molecule has 0 aliphatic carbocycles. The number of hydrogen-bond acceptors (Lipinski definition) is 5. The summed E-state index contributed by atoms with van der Waals surface area (Å²) in [6, 6.07) is 4.65. The van der Waals surface area contributed by atoms with E-state index in [0.29, 0.717) is 16.4 Å². The summed E-state index contributed by atoms with van der Waals surface area (Å²) in [7, 11) is 0. The summed E-state index contributed by atoms with van der Waals surface area (Å²) in [5.41, 5.74) is 0.429. The molecule has 2 heterocycles. The van der Waals surface area contributed by atoms with E-state index in [4.69, 9.17) is 11.6 Å².